The summed E-state index contributed by atoms with van der Waals surface area (Å²) in [5.74, 6) is -0.766. The van der Waals surface area contributed by atoms with Crippen molar-refractivity contribution in [2.45, 2.75) is 114 Å². The van der Waals surface area contributed by atoms with Gasteiger partial charge in [-0.3, -0.25) is 4.90 Å². The van der Waals surface area contributed by atoms with Gasteiger partial charge in [-0.25, -0.2) is 9.59 Å². The molecular weight excluding hydrogens is 829 g/mol. The second kappa shape index (κ2) is 23.1. The van der Waals surface area contributed by atoms with Crippen molar-refractivity contribution in [1.82, 2.24) is 4.90 Å². The number of ether oxygens (including phenoxy) is 8. The van der Waals surface area contributed by atoms with E-state index in [1.165, 1.54) is 4.90 Å². The standard InChI is InChI=1S/C52H60N2O11/c1-52(2,3)65-49(56)44-48(64-50-43(53)47(61-34-39-25-15-7-16-26-39)46(42(30-55)63-50)60-33-38-23-13-6-14-24-38)45(59-32-37-21-11-5-12-22-37)41(58-31-36-19-9-4-10-20-36)29-54(44)51(57)62-35-40-27-17-8-18-28-40/h4-28,41-48,50,55H,29-35,53H2,1-3H3/t41-,42+,43+,44+,45+,46+,47+,48+,50+/m0/s1. The van der Waals surface area contributed by atoms with Gasteiger partial charge in [0.2, 0.25) is 0 Å². The van der Waals surface area contributed by atoms with Crippen LogP contribution in [-0.2, 0) is 75.7 Å². The molecule has 2 saturated heterocycles. The highest BCUT2D eigenvalue weighted by Gasteiger charge is 2.56. The molecule has 0 unspecified atom stereocenters. The number of esters is 1. The van der Waals surface area contributed by atoms with E-state index >= 15 is 0 Å². The van der Waals surface area contributed by atoms with Crippen LogP contribution in [0.3, 0.4) is 0 Å². The van der Waals surface area contributed by atoms with E-state index in [-0.39, 0.29) is 39.6 Å². The Bertz CT molecular complexity index is 2180. The van der Waals surface area contributed by atoms with Gasteiger partial charge in [-0.15, -0.1) is 0 Å². The number of carbonyl (C=O) groups excluding carboxylic acids is 2. The third-order valence-corrected chi connectivity index (χ3v) is 11.1. The molecule has 0 saturated carbocycles. The molecule has 1 amide bonds. The molecule has 0 spiro atoms. The molecule has 9 atom stereocenters. The molecule has 13 nitrogen and oxygen atoms in total. The molecule has 2 fully saturated rings. The summed E-state index contributed by atoms with van der Waals surface area (Å²) in [4.78, 5) is 30.5. The van der Waals surface area contributed by atoms with Gasteiger partial charge in [0.05, 0.1) is 45.6 Å². The lowest BCUT2D eigenvalue weighted by Gasteiger charge is -2.50. The highest BCUT2D eigenvalue weighted by Crippen LogP contribution is 2.35. The van der Waals surface area contributed by atoms with Crippen LogP contribution < -0.4 is 5.73 Å². The molecule has 0 aliphatic carbocycles. The first-order valence-electron chi connectivity index (χ1n) is 22.1. The van der Waals surface area contributed by atoms with Crippen LogP contribution in [0.5, 0.6) is 0 Å². The topological polar surface area (TPSA) is 157 Å². The zero-order valence-electron chi connectivity index (χ0n) is 37.1. The molecule has 5 aromatic carbocycles. The molecule has 2 aliphatic rings. The van der Waals surface area contributed by atoms with Gasteiger partial charge < -0.3 is 48.7 Å². The summed E-state index contributed by atoms with van der Waals surface area (Å²) < 4.78 is 52.1. The second-order valence-corrected chi connectivity index (χ2v) is 17.2. The Labute approximate surface area is 381 Å². The molecule has 2 heterocycles. The average Bonchev–Trinajstić information content (AvgIpc) is 3.32. The van der Waals surface area contributed by atoms with E-state index in [0.717, 1.165) is 27.8 Å². The monoisotopic (exact) mass is 888 g/mol. The summed E-state index contributed by atoms with van der Waals surface area (Å²) >= 11 is 0. The maximum Gasteiger partial charge on any atom is 0.411 e. The fourth-order valence-corrected chi connectivity index (χ4v) is 7.93. The first-order chi connectivity index (χ1) is 31.6. The van der Waals surface area contributed by atoms with Gasteiger partial charge in [0.1, 0.15) is 48.8 Å². The van der Waals surface area contributed by atoms with Crippen molar-refractivity contribution < 1.29 is 52.6 Å². The van der Waals surface area contributed by atoms with Gasteiger partial charge in [0.25, 0.3) is 0 Å². The Morgan fingerprint density at radius 3 is 1.46 bits per heavy atom. The highest BCUT2D eigenvalue weighted by molar-refractivity contribution is 5.83. The molecule has 0 radical (unpaired) electrons. The zero-order chi connectivity index (χ0) is 45.6. The first-order valence-corrected chi connectivity index (χ1v) is 22.1. The SMILES string of the molecule is CC(C)(C)OC(=O)[C@H]1[C@@H](O[C@H]2O[C@H](CO)[C@@H](OCc3ccccc3)[C@H](OCc3ccccc3)[C@H]2N)[C@H](OCc2ccccc2)[C@@H](OCc2ccccc2)CN1C(=O)OCc1ccccc1. The fourth-order valence-electron chi connectivity index (χ4n) is 7.93. The minimum absolute atomic E-state index is 0.0637. The molecule has 2 aliphatic heterocycles. The zero-order valence-corrected chi connectivity index (χ0v) is 37.1. The summed E-state index contributed by atoms with van der Waals surface area (Å²) in [6.45, 7) is 5.16. The maximum atomic E-state index is 14.8. The summed E-state index contributed by atoms with van der Waals surface area (Å²) in [5, 5.41) is 10.9. The van der Waals surface area contributed by atoms with E-state index in [0.29, 0.717) is 0 Å². The van der Waals surface area contributed by atoms with Crippen LogP contribution in [0.2, 0.25) is 0 Å². The van der Waals surface area contributed by atoms with Crippen molar-refractivity contribution >= 4 is 12.1 Å². The van der Waals surface area contributed by atoms with E-state index in [1.54, 1.807) is 20.8 Å². The second-order valence-electron chi connectivity index (χ2n) is 17.2. The number of aliphatic hydroxyl groups is 1. The Morgan fingerprint density at radius 1 is 0.600 bits per heavy atom. The number of benzene rings is 5. The predicted molar refractivity (Wildman–Crippen MR) is 242 cm³/mol. The summed E-state index contributed by atoms with van der Waals surface area (Å²) in [6, 6.07) is 45.1. The number of hydrogen-bond donors (Lipinski definition) is 2. The Kier molecular flexibility index (Phi) is 16.9. The summed E-state index contributed by atoms with van der Waals surface area (Å²) in [7, 11) is 0. The van der Waals surface area contributed by atoms with Crippen LogP contribution >= 0.6 is 0 Å². The van der Waals surface area contributed by atoms with Gasteiger partial charge in [0, 0.05) is 0 Å². The lowest BCUT2D eigenvalue weighted by atomic mass is 9.92. The van der Waals surface area contributed by atoms with Crippen LogP contribution in [0, 0.1) is 0 Å². The lowest BCUT2D eigenvalue weighted by Crippen LogP contribution is -2.70. The van der Waals surface area contributed by atoms with Crippen molar-refractivity contribution in [2.24, 2.45) is 5.73 Å². The van der Waals surface area contributed by atoms with Gasteiger partial charge in [-0.1, -0.05) is 152 Å². The molecule has 13 heteroatoms. The Balaban J connectivity index is 1.27. The van der Waals surface area contributed by atoms with E-state index in [2.05, 4.69) is 0 Å². The number of nitrogens with zero attached hydrogens (tertiary/aromatic N) is 1. The molecule has 7 rings (SSSR count). The minimum atomic E-state index is -1.45. The number of nitrogens with two attached hydrogens (primary N) is 1. The number of hydrogen-bond acceptors (Lipinski definition) is 12. The van der Waals surface area contributed by atoms with Crippen molar-refractivity contribution in [3.63, 3.8) is 0 Å². The van der Waals surface area contributed by atoms with E-state index < -0.39 is 79.3 Å². The third kappa shape index (κ3) is 13.3. The number of piperidine rings is 1. The van der Waals surface area contributed by atoms with Crippen LogP contribution in [0.15, 0.2) is 152 Å². The Morgan fingerprint density at radius 2 is 1.02 bits per heavy atom. The number of rotatable bonds is 18. The van der Waals surface area contributed by atoms with Crippen LogP contribution in [-0.4, -0.2) is 95.8 Å². The number of carbonyl (C=O) groups is 2. The average molecular weight is 889 g/mol. The predicted octanol–water partition coefficient (Wildman–Crippen LogP) is 7.12. The quantitative estimate of drug-likeness (QED) is 0.0861. The molecular formula is C52H60N2O11. The highest BCUT2D eigenvalue weighted by atomic mass is 16.7. The van der Waals surface area contributed by atoms with Crippen molar-refractivity contribution in [3.8, 4) is 0 Å². The Hall–Kier alpha value is -5.48. The van der Waals surface area contributed by atoms with Gasteiger partial charge in [-0.2, -0.15) is 0 Å². The molecule has 344 valence electrons. The minimum Gasteiger partial charge on any atom is -0.458 e. The van der Waals surface area contributed by atoms with E-state index in [9.17, 15) is 14.7 Å². The molecule has 0 aromatic heterocycles. The van der Waals surface area contributed by atoms with Crippen molar-refractivity contribution in [2.75, 3.05) is 13.2 Å². The van der Waals surface area contributed by atoms with Crippen molar-refractivity contribution in [1.29, 1.82) is 0 Å². The number of likely N-dealkylation sites (tertiary alicyclic amines) is 1. The van der Waals surface area contributed by atoms with Gasteiger partial charge >= 0.3 is 12.1 Å². The molecule has 5 aromatic rings. The molecule has 0 bridgehead atoms. The molecule has 3 N–H and O–H groups in total. The van der Waals surface area contributed by atoms with E-state index in [4.69, 9.17) is 43.6 Å². The number of aliphatic hydroxyl groups excluding tert-OH is 1. The lowest BCUT2D eigenvalue weighted by molar-refractivity contribution is -0.314. The van der Waals surface area contributed by atoms with E-state index in [1.807, 2.05) is 152 Å². The molecule has 65 heavy (non-hydrogen) atoms. The van der Waals surface area contributed by atoms with Crippen molar-refractivity contribution in [3.05, 3.63) is 179 Å². The smallest absolute Gasteiger partial charge is 0.411 e. The van der Waals surface area contributed by atoms with Crippen LogP contribution in [0.1, 0.15) is 48.6 Å². The fraction of sp³-hybridized carbons (Fsp3) is 0.385. The van der Waals surface area contributed by atoms with Crippen LogP contribution in [0.4, 0.5) is 4.79 Å². The summed E-state index contributed by atoms with van der Waals surface area (Å²) in [5.41, 5.74) is 10.5. The maximum absolute atomic E-state index is 14.8. The first kappa shape index (κ1) is 47.5. The summed E-state index contributed by atoms with van der Waals surface area (Å²) in [6.07, 6.45) is -8.09. The largest absolute Gasteiger partial charge is 0.458 e. The van der Waals surface area contributed by atoms with Crippen LogP contribution in [0.25, 0.3) is 0 Å². The van der Waals surface area contributed by atoms with Gasteiger partial charge in [0.15, 0.2) is 12.3 Å². The third-order valence-electron chi connectivity index (χ3n) is 11.1. The normalized spacial score (nSPS) is 24.6. The van der Waals surface area contributed by atoms with Gasteiger partial charge in [-0.05, 0) is 48.6 Å². The number of amides is 1.